The van der Waals surface area contributed by atoms with Crippen LogP contribution in [0.15, 0.2) is 73.0 Å². The van der Waals surface area contributed by atoms with Gasteiger partial charge in [-0.15, -0.1) is 0 Å². The molecule has 0 spiro atoms. The van der Waals surface area contributed by atoms with Crippen LogP contribution in [0, 0.1) is 11.8 Å². The van der Waals surface area contributed by atoms with Crippen LogP contribution in [0.5, 0.6) is 5.75 Å². The summed E-state index contributed by atoms with van der Waals surface area (Å²) in [5.74, 6) is -0.209. The SMILES string of the molecule is COc1ccc(N2C(=O)C3C(C2=O)C2c4ccccc4C3C3C=CC=CN32)cc1. The number of amides is 2. The minimum atomic E-state index is -0.364. The third kappa shape index (κ3) is 2.05. The van der Waals surface area contributed by atoms with E-state index in [4.69, 9.17) is 4.74 Å². The maximum atomic E-state index is 13.6. The van der Waals surface area contributed by atoms with Gasteiger partial charge >= 0.3 is 0 Å². The number of hydrogen-bond donors (Lipinski definition) is 0. The van der Waals surface area contributed by atoms with Crippen LogP contribution < -0.4 is 9.64 Å². The highest BCUT2D eigenvalue weighted by atomic mass is 16.5. The summed E-state index contributed by atoms with van der Waals surface area (Å²) in [6, 6.07) is 15.4. The maximum Gasteiger partial charge on any atom is 0.240 e. The van der Waals surface area contributed by atoms with Crippen LogP contribution >= 0.6 is 0 Å². The van der Waals surface area contributed by atoms with Crippen LogP contribution in [0.4, 0.5) is 5.69 Å². The molecule has 4 heterocycles. The summed E-state index contributed by atoms with van der Waals surface area (Å²) in [5, 5.41) is 0. The first-order valence-corrected chi connectivity index (χ1v) is 9.94. The Hall–Kier alpha value is -3.34. The Kier molecular flexibility index (Phi) is 3.34. The largest absolute Gasteiger partial charge is 0.497 e. The van der Waals surface area contributed by atoms with E-state index < -0.39 is 0 Å². The number of hydrogen-bond acceptors (Lipinski definition) is 4. The van der Waals surface area contributed by atoms with Crippen LogP contribution in [0.2, 0.25) is 0 Å². The van der Waals surface area contributed by atoms with E-state index in [9.17, 15) is 9.59 Å². The number of piperidine rings is 1. The zero-order valence-electron chi connectivity index (χ0n) is 15.9. The number of methoxy groups -OCH3 is 1. The molecule has 2 amide bonds. The molecule has 5 nitrogen and oxygen atoms in total. The van der Waals surface area contributed by atoms with Crippen molar-refractivity contribution < 1.29 is 14.3 Å². The van der Waals surface area contributed by atoms with Gasteiger partial charge in [0.2, 0.25) is 11.8 Å². The zero-order chi connectivity index (χ0) is 19.7. The minimum absolute atomic E-state index is 0.0258. The van der Waals surface area contributed by atoms with E-state index in [0.717, 1.165) is 0 Å². The van der Waals surface area contributed by atoms with Crippen LogP contribution in [0.25, 0.3) is 0 Å². The van der Waals surface area contributed by atoms with E-state index in [-0.39, 0.29) is 41.7 Å². The number of carbonyl (C=O) groups excluding carboxylic acids is 2. The van der Waals surface area contributed by atoms with Crippen molar-refractivity contribution in [1.29, 1.82) is 0 Å². The normalized spacial score (nSPS) is 31.0. The van der Waals surface area contributed by atoms with Crippen LogP contribution in [0.1, 0.15) is 23.1 Å². The Morgan fingerprint density at radius 2 is 1.55 bits per heavy atom. The van der Waals surface area contributed by atoms with Gasteiger partial charge in [-0.2, -0.15) is 0 Å². The topological polar surface area (TPSA) is 49.9 Å². The lowest BCUT2D eigenvalue weighted by Gasteiger charge is -2.55. The molecule has 0 radical (unpaired) electrons. The molecule has 2 saturated heterocycles. The molecule has 144 valence electrons. The zero-order valence-corrected chi connectivity index (χ0v) is 15.9. The van der Waals surface area contributed by atoms with Gasteiger partial charge in [-0.05, 0) is 41.5 Å². The fraction of sp³-hybridized carbons (Fsp3) is 0.250. The summed E-state index contributed by atoms with van der Waals surface area (Å²) in [6.07, 6.45) is 8.29. The predicted molar refractivity (Wildman–Crippen MR) is 108 cm³/mol. The van der Waals surface area contributed by atoms with Crippen molar-refractivity contribution in [2.75, 3.05) is 12.0 Å². The van der Waals surface area contributed by atoms with E-state index in [1.165, 1.54) is 16.0 Å². The van der Waals surface area contributed by atoms with Crippen molar-refractivity contribution in [2.24, 2.45) is 11.8 Å². The van der Waals surface area contributed by atoms with Gasteiger partial charge in [0.1, 0.15) is 5.75 Å². The number of imide groups is 1. The van der Waals surface area contributed by atoms with Crippen LogP contribution in [0.3, 0.4) is 0 Å². The summed E-state index contributed by atoms with van der Waals surface area (Å²) in [7, 11) is 1.60. The van der Waals surface area contributed by atoms with Crippen LogP contribution in [-0.2, 0) is 9.59 Å². The Balaban J connectivity index is 1.50. The molecule has 5 heteroatoms. The van der Waals surface area contributed by atoms with Crippen molar-refractivity contribution >= 4 is 17.5 Å². The van der Waals surface area contributed by atoms with Crippen LogP contribution in [-0.4, -0.2) is 29.9 Å². The van der Waals surface area contributed by atoms with Crippen molar-refractivity contribution in [3.8, 4) is 5.75 Å². The molecular weight excluding hydrogens is 364 g/mol. The molecule has 7 rings (SSSR count). The molecule has 0 aromatic heterocycles. The molecule has 1 aliphatic carbocycles. The third-order valence-corrected chi connectivity index (χ3v) is 6.84. The molecule has 4 aliphatic heterocycles. The van der Waals surface area contributed by atoms with E-state index in [1.54, 1.807) is 31.4 Å². The predicted octanol–water partition coefficient (Wildman–Crippen LogP) is 3.41. The summed E-state index contributed by atoms with van der Waals surface area (Å²) in [4.78, 5) is 30.8. The van der Waals surface area contributed by atoms with Gasteiger partial charge < -0.3 is 9.64 Å². The lowest BCUT2D eigenvalue weighted by Crippen LogP contribution is -2.56. The summed E-state index contributed by atoms with van der Waals surface area (Å²) in [6.45, 7) is 0. The smallest absolute Gasteiger partial charge is 0.240 e. The molecule has 0 N–H and O–H groups in total. The average molecular weight is 384 g/mol. The van der Waals surface area contributed by atoms with Crippen molar-refractivity contribution in [1.82, 2.24) is 4.90 Å². The first kappa shape index (κ1) is 16.6. The molecule has 2 aromatic carbocycles. The number of rotatable bonds is 2. The summed E-state index contributed by atoms with van der Waals surface area (Å²) >= 11 is 0. The second-order valence-corrected chi connectivity index (χ2v) is 8.03. The van der Waals surface area contributed by atoms with Gasteiger partial charge in [-0.25, -0.2) is 4.90 Å². The lowest BCUT2D eigenvalue weighted by molar-refractivity contribution is -0.128. The fourth-order valence-electron chi connectivity index (χ4n) is 5.73. The number of nitrogens with zero attached hydrogens (tertiary/aromatic N) is 2. The van der Waals surface area contributed by atoms with Gasteiger partial charge in [0.05, 0.1) is 36.7 Å². The molecule has 2 aromatic rings. The standard InChI is InChI=1S/C24H20N2O3/c1-29-15-11-9-14(10-12-15)26-23(27)20-19-16-6-2-3-7-17(16)22(21(20)24(26)28)25-13-5-4-8-18(19)25/h2-13,18-22H,1H3. The number of ether oxygens (including phenoxy) is 1. The van der Waals surface area contributed by atoms with Crippen molar-refractivity contribution in [2.45, 2.75) is 18.0 Å². The Morgan fingerprint density at radius 3 is 2.31 bits per heavy atom. The Morgan fingerprint density at radius 1 is 0.828 bits per heavy atom. The van der Waals surface area contributed by atoms with E-state index in [1.807, 2.05) is 24.3 Å². The molecule has 5 aliphatic rings. The first-order valence-electron chi connectivity index (χ1n) is 9.94. The second-order valence-electron chi connectivity index (χ2n) is 8.03. The highest BCUT2D eigenvalue weighted by Gasteiger charge is 2.64. The van der Waals surface area contributed by atoms with Gasteiger partial charge in [-0.3, -0.25) is 9.59 Å². The molecule has 29 heavy (non-hydrogen) atoms. The monoisotopic (exact) mass is 384 g/mol. The van der Waals surface area contributed by atoms with Gasteiger partial charge in [0.15, 0.2) is 0 Å². The molecule has 5 atom stereocenters. The maximum absolute atomic E-state index is 13.6. The van der Waals surface area contributed by atoms with E-state index in [2.05, 4.69) is 29.3 Å². The van der Waals surface area contributed by atoms with Crippen molar-refractivity contribution in [3.63, 3.8) is 0 Å². The van der Waals surface area contributed by atoms with Gasteiger partial charge in [-0.1, -0.05) is 36.4 Å². The second kappa shape index (κ2) is 5.83. The molecule has 5 unspecified atom stereocenters. The highest BCUT2D eigenvalue weighted by Crippen LogP contribution is 2.60. The van der Waals surface area contributed by atoms with Gasteiger partial charge in [0, 0.05) is 12.1 Å². The fourth-order valence-corrected chi connectivity index (χ4v) is 5.73. The molecular formula is C24H20N2O3. The summed E-state index contributed by atoms with van der Waals surface area (Å²) < 4.78 is 5.22. The van der Waals surface area contributed by atoms with E-state index >= 15 is 0 Å². The number of carbonyl (C=O) groups is 2. The minimum Gasteiger partial charge on any atom is -0.497 e. The Bertz CT molecular complexity index is 1020. The first-order chi connectivity index (χ1) is 14.2. The molecule has 2 fully saturated rings. The quantitative estimate of drug-likeness (QED) is 0.745. The highest BCUT2D eigenvalue weighted by molar-refractivity contribution is 6.23. The summed E-state index contributed by atoms with van der Waals surface area (Å²) in [5.41, 5.74) is 2.99. The third-order valence-electron chi connectivity index (χ3n) is 6.84. The lowest BCUT2D eigenvalue weighted by atomic mass is 9.60. The molecule has 0 saturated carbocycles. The van der Waals surface area contributed by atoms with Crippen molar-refractivity contribution in [3.05, 3.63) is 84.1 Å². The number of anilines is 1. The molecule has 2 bridgehead atoms. The average Bonchev–Trinajstić information content (AvgIpc) is 3.04. The Labute approximate surface area is 168 Å². The van der Waals surface area contributed by atoms with Gasteiger partial charge in [0.25, 0.3) is 0 Å². The number of allylic oxidation sites excluding steroid dienone is 2. The van der Waals surface area contributed by atoms with E-state index in [0.29, 0.717) is 11.4 Å². The number of benzene rings is 2.